The molecule has 2 atom stereocenters. The molecule has 1 fully saturated rings. The van der Waals surface area contributed by atoms with Crippen molar-refractivity contribution >= 4 is 11.6 Å². The van der Waals surface area contributed by atoms with Gasteiger partial charge in [-0.05, 0) is 81.1 Å². The van der Waals surface area contributed by atoms with Crippen molar-refractivity contribution in [2.75, 3.05) is 27.3 Å². The van der Waals surface area contributed by atoms with Crippen LogP contribution in [0.25, 0.3) is 0 Å². The molecule has 1 saturated heterocycles. The number of carbonyl (C=O) groups is 1. The van der Waals surface area contributed by atoms with Gasteiger partial charge in [-0.25, -0.2) is 5.01 Å². The van der Waals surface area contributed by atoms with Crippen molar-refractivity contribution in [3.63, 3.8) is 0 Å². The monoisotopic (exact) mass is 449 g/mol. The SMILES string of the molecule is COc1ccc(OC)c([C@@H]2CC(c3ccc(C)c(C)c3)=NN2C(=O)CN2CCCC[C@H]2C)c1. The van der Waals surface area contributed by atoms with Gasteiger partial charge in [0.2, 0.25) is 0 Å². The Bertz CT molecular complexity index is 1050. The van der Waals surface area contributed by atoms with E-state index in [1.807, 2.05) is 18.2 Å². The predicted octanol–water partition coefficient (Wildman–Crippen LogP) is 4.87. The molecular formula is C27H35N3O3. The molecule has 2 aromatic rings. The van der Waals surface area contributed by atoms with Gasteiger partial charge in [-0.1, -0.05) is 18.6 Å². The van der Waals surface area contributed by atoms with Gasteiger partial charge >= 0.3 is 0 Å². The third-order valence-electron chi connectivity index (χ3n) is 7.08. The molecule has 2 aromatic carbocycles. The van der Waals surface area contributed by atoms with Gasteiger partial charge in [0.05, 0.1) is 32.5 Å². The van der Waals surface area contributed by atoms with E-state index in [-0.39, 0.29) is 11.9 Å². The van der Waals surface area contributed by atoms with E-state index in [9.17, 15) is 4.79 Å². The molecule has 0 bridgehead atoms. The number of aryl methyl sites for hydroxylation is 2. The third kappa shape index (κ3) is 4.91. The smallest absolute Gasteiger partial charge is 0.257 e. The minimum Gasteiger partial charge on any atom is -0.497 e. The lowest BCUT2D eigenvalue weighted by Gasteiger charge is -2.34. The van der Waals surface area contributed by atoms with Crippen LogP contribution in [0.5, 0.6) is 11.5 Å². The van der Waals surface area contributed by atoms with Crippen LogP contribution in [0.15, 0.2) is 41.5 Å². The van der Waals surface area contributed by atoms with Gasteiger partial charge in [0, 0.05) is 18.0 Å². The first-order valence-corrected chi connectivity index (χ1v) is 11.8. The molecule has 33 heavy (non-hydrogen) atoms. The van der Waals surface area contributed by atoms with E-state index < -0.39 is 0 Å². The van der Waals surface area contributed by atoms with Crippen molar-refractivity contribution < 1.29 is 14.3 Å². The van der Waals surface area contributed by atoms with E-state index in [1.54, 1.807) is 19.2 Å². The van der Waals surface area contributed by atoms with Crippen LogP contribution >= 0.6 is 0 Å². The van der Waals surface area contributed by atoms with Gasteiger partial charge in [0.25, 0.3) is 5.91 Å². The molecule has 176 valence electrons. The maximum absolute atomic E-state index is 13.6. The Morgan fingerprint density at radius 3 is 2.58 bits per heavy atom. The lowest BCUT2D eigenvalue weighted by atomic mass is 9.95. The number of hydrogen-bond acceptors (Lipinski definition) is 5. The molecule has 0 unspecified atom stereocenters. The molecule has 2 aliphatic heterocycles. The molecular weight excluding hydrogens is 414 g/mol. The largest absolute Gasteiger partial charge is 0.497 e. The van der Waals surface area contributed by atoms with Gasteiger partial charge in [0.15, 0.2) is 0 Å². The number of benzene rings is 2. The van der Waals surface area contributed by atoms with Gasteiger partial charge in [-0.3, -0.25) is 9.69 Å². The summed E-state index contributed by atoms with van der Waals surface area (Å²) in [5, 5.41) is 6.57. The number of nitrogens with zero attached hydrogens (tertiary/aromatic N) is 3. The van der Waals surface area contributed by atoms with Crippen LogP contribution in [-0.4, -0.2) is 54.9 Å². The second-order valence-corrected chi connectivity index (χ2v) is 9.23. The van der Waals surface area contributed by atoms with Crippen molar-refractivity contribution in [3.05, 3.63) is 58.7 Å². The van der Waals surface area contributed by atoms with Crippen molar-refractivity contribution in [1.29, 1.82) is 0 Å². The molecule has 0 saturated carbocycles. The molecule has 2 aliphatic rings. The molecule has 0 radical (unpaired) electrons. The molecule has 0 aromatic heterocycles. The first-order chi connectivity index (χ1) is 15.9. The topological polar surface area (TPSA) is 54.4 Å². The van der Waals surface area contributed by atoms with E-state index in [1.165, 1.54) is 17.5 Å². The van der Waals surface area contributed by atoms with Crippen LogP contribution in [0, 0.1) is 13.8 Å². The van der Waals surface area contributed by atoms with Crippen LogP contribution in [-0.2, 0) is 4.79 Å². The van der Waals surface area contributed by atoms with Crippen LogP contribution in [0.2, 0.25) is 0 Å². The zero-order chi connectivity index (χ0) is 23.5. The second-order valence-electron chi connectivity index (χ2n) is 9.23. The van der Waals surface area contributed by atoms with Crippen LogP contribution in [0.3, 0.4) is 0 Å². The maximum atomic E-state index is 13.6. The van der Waals surface area contributed by atoms with Gasteiger partial charge in [0.1, 0.15) is 11.5 Å². The minimum atomic E-state index is -0.237. The summed E-state index contributed by atoms with van der Waals surface area (Å²) in [5.41, 5.74) is 5.37. The van der Waals surface area contributed by atoms with E-state index in [0.717, 1.165) is 47.7 Å². The van der Waals surface area contributed by atoms with E-state index >= 15 is 0 Å². The Morgan fingerprint density at radius 1 is 1.06 bits per heavy atom. The Labute approximate surface area is 197 Å². The number of rotatable bonds is 6. The summed E-state index contributed by atoms with van der Waals surface area (Å²) in [4.78, 5) is 15.9. The Morgan fingerprint density at radius 2 is 1.88 bits per heavy atom. The molecule has 0 N–H and O–H groups in total. The summed E-state index contributed by atoms with van der Waals surface area (Å²) in [7, 11) is 3.31. The van der Waals surface area contributed by atoms with E-state index in [2.05, 4.69) is 43.9 Å². The zero-order valence-electron chi connectivity index (χ0n) is 20.4. The summed E-state index contributed by atoms with van der Waals surface area (Å²) in [6.45, 7) is 7.77. The van der Waals surface area contributed by atoms with Crippen LogP contribution in [0.4, 0.5) is 0 Å². The lowest BCUT2D eigenvalue weighted by molar-refractivity contribution is -0.135. The number of amides is 1. The van der Waals surface area contributed by atoms with E-state index in [4.69, 9.17) is 14.6 Å². The average Bonchev–Trinajstić information content (AvgIpc) is 3.27. The summed E-state index contributed by atoms with van der Waals surface area (Å²) in [5.74, 6) is 1.50. The highest BCUT2D eigenvalue weighted by molar-refractivity contribution is 6.03. The van der Waals surface area contributed by atoms with Crippen LogP contribution < -0.4 is 9.47 Å². The highest BCUT2D eigenvalue weighted by Crippen LogP contribution is 2.39. The van der Waals surface area contributed by atoms with E-state index in [0.29, 0.717) is 19.0 Å². The summed E-state index contributed by atoms with van der Waals surface area (Å²) < 4.78 is 11.2. The molecule has 2 heterocycles. The van der Waals surface area contributed by atoms with Crippen molar-refractivity contribution in [2.45, 2.75) is 58.5 Å². The van der Waals surface area contributed by atoms with Crippen molar-refractivity contribution in [2.24, 2.45) is 5.10 Å². The lowest BCUT2D eigenvalue weighted by Crippen LogP contribution is -2.44. The van der Waals surface area contributed by atoms with Crippen molar-refractivity contribution in [3.8, 4) is 11.5 Å². The molecule has 4 rings (SSSR count). The highest BCUT2D eigenvalue weighted by Gasteiger charge is 2.36. The van der Waals surface area contributed by atoms with Gasteiger partial charge in [-0.2, -0.15) is 5.10 Å². The fourth-order valence-electron chi connectivity index (χ4n) is 4.82. The quantitative estimate of drug-likeness (QED) is 0.631. The first-order valence-electron chi connectivity index (χ1n) is 11.8. The molecule has 6 nitrogen and oxygen atoms in total. The highest BCUT2D eigenvalue weighted by atomic mass is 16.5. The minimum absolute atomic E-state index is 0.0254. The predicted molar refractivity (Wildman–Crippen MR) is 131 cm³/mol. The number of likely N-dealkylation sites (tertiary alicyclic amines) is 1. The summed E-state index contributed by atoms with van der Waals surface area (Å²) in [6, 6.07) is 12.3. The third-order valence-corrected chi connectivity index (χ3v) is 7.08. The fraction of sp³-hybridized carbons (Fsp3) is 0.481. The first kappa shape index (κ1) is 23.3. The molecule has 0 aliphatic carbocycles. The second kappa shape index (κ2) is 9.96. The Kier molecular flexibility index (Phi) is 7.03. The fourth-order valence-corrected chi connectivity index (χ4v) is 4.82. The number of hydrazone groups is 1. The Balaban J connectivity index is 1.70. The summed E-state index contributed by atoms with van der Waals surface area (Å²) >= 11 is 0. The number of hydrogen-bond donors (Lipinski definition) is 0. The molecule has 6 heteroatoms. The number of ether oxygens (including phenoxy) is 2. The Hall–Kier alpha value is -2.86. The normalized spacial score (nSPS) is 21.1. The number of piperidine rings is 1. The standard InChI is InChI=1S/C27H35N3O3/c1-18-9-10-21(14-19(18)2)24-16-25(23-15-22(32-4)11-12-26(23)33-5)30(28-24)27(31)17-29-13-7-6-8-20(29)3/h9-12,14-15,20,25H,6-8,13,16-17H2,1-5H3/t20-,25+/m1/s1. The molecule has 0 spiro atoms. The maximum Gasteiger partial charge on any atom is 0.257 e. The number of methoxy groups -OCH3 is 2. The van der Waals surface area contributed by atoms with Gasteiger partial charge < -0.3 is 9.47 Å². The van der Waals surface area contributed by atoms with Crippen molar-refractivity contribution in [1.82, 2.24) is 9.91 Å². The molecule has 1 amide bonds. The van der Waals surface area contributed by atoms with Crippen LogP contribution in [0.1, 0.15) is 60.9 Å². The summed E-state index contributed by atoms with van der Waals surface area (Å²) in [6.07, 6.45) is 4.14. The number of carbonyl (C=O) groups excluding carboxylic acids is 1. The average molecular weight is 450 g/mol. The van der Waals surface area contributed by atoms with Gasteiger partial charge in [-0.15, -0.1) is 0 Å². The zero-order valence-corrected chi connectivity index (χ0v) is 20.4.